The quantitative estimate of drug-likeness (QED) is 0.812. The number of nitrogens with one attached hydrogen (secondary N) is 1. The number of alkyl carbamates (subject to hydrolysis) is 1. The van der Waals surface area contributed by atoms with Gasteiger partial charge in [0.15, 0.2) is 0 Å². The fourth-order valence-corrected chi connectivity index (χ4v) is 2.41. The Morgan fingerprint density at radius 3 is 2.72 bits per heavy atom. The van der Waals surface area contributed by atoms with Crippen LogP contribution < -0.4 is 15.8 Å². The van der Waals surface area contributed by atoms with Crippen LogP contribution in [0.5, 0.6) is 5.75 Å². The molecule has 7 heteroatoms. The first kappa shape index (κ1) is 18.6. The number of anilines is 1. The normalized spacial score (nSPS) is 11.2. The molecule has 0 aliphatic rings. The van der Waals surface area contributed by atoms with Crippen LogP contribution in [0.1, 0.15) is 26.3 Å². The van der Waals surface area contributed by atoms with Gasteiger partial charge in [-0.25, -0.2) is 4.79 Å². The zero-order valence-corrected chi connectivity index (χ0v) is 15.4. The van der Waals surface area contributed by atoms with E-state index in [0.29, 0.717) is 24.5 Å². The van der Waals surface area contributed by atoms with Crippen LogP contribution in [0.25, 0.3) is 11.1 Å². The molecule has 3 N–H and O–H groups in total. The number of nitrogen functional groups attached to an aromatic ring is 1. The number of nitrogens with two attached hydrogens (primary N) is 1. The highest BCUT2D eigenvalue weighted by atomic mass is 16.6. The van der Waals surface area contributed by atoms with Gasteiger partial charge in [0.25, 0.3) is 0 Å². The van der Waals surface area contributed by atoms with E-state index in [-0.39, 0.29) is 0 Å². The van der Waals surface area contributed by atoms with Crippen molar-refractivity contribution >= 4 is 11.8 Å². The highest BCUT2D eigenvalue weighted by molar-refractivity contribution is 5.72. The standard InChI is InChI=1S/C18H26N4O3/c1-12-8-15(19)16(24-5)9-14(12)13-10-21-22(11-13)7-6-20-17(23)25-18(2,3)4/h8-11H,6-7,19H2,1-5H3,(H,20,23). The maximum atomic E-state index is 11.6. The van der Waals surface area contributed by atoms with Crippen LogP contribution in [-0.2, 0) is 11.3 Å². The molecule has 0 fully saturated rings. The van der Waals surface area contributed by atoms with Crippen molar-refractivity contribution in [1.29, 1.82) is 0 Å². The number of carbonyl (C=O) groups excluding carboxylic acids is 1. The van der Waals surface area contributed by atoms with Crippen LogP contribution in [0.15, 0.2) is 24.5 Å². The number of methoxy groups -OCH3 is 1. The molecule has 1 heterocycles. The molecule has 0 saturated carbocycles. The van der Waals surface area contributed by atoms with E-state index in [1.165, 1.54) is 0 Å². The Morgan fingerprint density at radius 2 is 2.08 bits per heavy atom. The first-order valence-corrected chi connectivity index (χ1v) is 8.13. The highest BCUT2D eigenvalue weighted by Gasteiger charge is 2.15. The molecule has 2 aromatic rings. The second kappa shape index (κ2) is 7.46. The van der Waals surface area contributed by atoms with Gasteiger partial charge in [0, 0.05) is 18.3 Å². The summed E-state index contributed by atoms with van der Waals surface area (Å²) >= 11 is 0. The van der Waals surface area contributed by atoms with E-state index in [1.54, 1.807) is 18.0 Å². The van der Waals surface area contributed by atoms with Crippen LogP contribution in [0.4, 0.5) is 10.5 Å². The summed E-state index contributed by atoms with van der Waals surface area (Å²) in [5, 5.41) is 7.05. The number of hydrogen-bond acceptors (Lipinski definition) is 5. The average Bonchev–Trinajstić information content (AvgIpc) is 2.94. The third-order valence-corrected chi connectivity index (χ3v) is 3.53. The Balaban J connectivity index is 2.00. The van der Waals surface area contributed by atoms with E-state index in [4.69, 9.17) is 15.2 Å². The van der Waals surface area contributed by atoms with Crippen LogP contribution in [0.3, 0.4) is 0 Å². The number of hydrogen-bond donors (Lipinski definition) is 2. The summed E-state index contributed by atoms with van der Waals surface area (Å²) in [6, 6.07) is 3.79. The van der Waals surface area contributed by atoms with Gasteiger partial charge in [0.2, 0.25) is 0 Å². The molecule has 0 aliphatic heterocycles. The maximum absolute atomic E-state index is 11.6. The van der Waals surface area contributed by atoms with Gasteiger partial charge >= 0.3 is 6.09 Å². The van der Waals surface area contributed by atoms with Gasteiger partial charge in [-0.15, -0.1) is 0 Å². The Hall–Kier alpha value is -2.70. The van der Waals surface area contributed by atoms with E-state index >= 15 is 0 Å². The molecule has 0 spiro atoms. The van der Waals surface area contributed by atoms with Gasteiger partial charge in [-0.05, 0) is 51.0 Å². The molecule has 1 aromatic carbocycles. The van der Waals surface area contributed by atoms with Gasteiger partial charge in [-0.2, -0.15) is 5.10 Å². The summed E-state index contributed by atoms with van der Waals surface area (Å²) in [5.41, 5.74) is 9.05. The zero-order valence-electron chi connectivity index (χ0n) is 15.4. The summed E-state index contributed by atoms with van der Waals surface area (Å²) < 4.78 is 12.3. The van der Waals surface area contributed by atoms with E-state index in [2.05, 4.69) is 10.4 Å². The molecular weight excluding hydrogens is 320 g/mol. The molecule has 0 atom stereocenters. The van der Waals surface area contributed by atoms with Crippen molar-refractivity contribution in [2.45, 2.75) is 39.8 Å². The first-order valence-electron chi connectivity index (χ1n) is 8.13. The summed E-state index contributed by atoms with van der Waals surface area (Å²) in [5.74, 6) is 0.639. The van der Waals surface area contributed by atoms with Gasteiger partial charge < -0.3 is 20.5 Å². The predicted molar refractivity (Wildman–Crippen MR) is 97.6 cm³/mol. The van der Waals surface area contributed by atoms with Crippen molar-refractivity contribution in [3.63, 3.8) is 0 Å². The van der Waals surface area contributed by atoms with Crippen LogP contribution >= 0.6 is 0 Å². The number of amides is 1. The smallest absolute Gasteiger partial charge is 0.407 e. The summed E-state index contributed by atoms with van der Waals surface area (Å²) in [4.78, 5) is 11.6. The number of ether oxygens (including phenoxy) is 2. The topological polar surface area (TPSA) is 91.4 Å². The van der Waals surface area contributed by atoms with Crippen molar-refractivity contribution in [3.8, 4) is 16.9 Å². The van der Waals surface area contributed by atoms with E-state index in [0.717, 1.165) is 16.7 Å². The molecule has 136 valence electrons. The second-order valence-electron chi connectivity index (χ2n) is 6.83. The summed E-state index contributed by atoms with van der Waals surface area (Å²) in [7, 11) is 1.59. The molecule has 25 heavy (non-hydrogen) atoms. The number of aromatic nitrogens is 2. The molecule has 2 rings (SSSR count). The van der Waals surface area contributed by atoms with Crippen LogP contribution in [0, 0.1) is 6.92 Å². The largest absolute Gasteiger partial charge is 0.495 e. The third-order valence-electron chi connectivity index (χ3n) is 3.53. The molecule has 1 aromatic heterocycles. The number of aryl methyl sites for hydroxylation is 1. The van der Waals surface area contributed by atoms with E-state index in [9.17, 15) is 4.79 Å². The maximum Gasteiger partial charge on any atom is 0.407 e. The fraction of sp³-hybridized carbons (Fsp3) is 0.444. The molecule has 0 saturated heterocycles. The number of carbonyl (C=O) groups is 1. The zero-order chi connectivity index (χ0) is 18.6. The number of benzene rings is 1. The number of rotatable bonds is 5. The molecule has 0 bridgehead atoms. The molecule has 0 radical (unpaired) electrons. The minimum atomic E-state index is -0.505. The lowest BCUT2D eigenvalue weighted by Crippen LogP contribution is -2.34. The summed E-state index contributed by atoms with van der Waals surface area (Å²) in [6.07, 6.45) is 3.28. The molecular formula is C18H26N4O3. The fourth-order valence-electron chi connectivity index (χ4n) is 2.41. The van der Waals surface area contributed by atoms with Gasteiger partial charge in [0.05, 0.1) is 25.5 Å². The van der Waals surface area contributed by atoms with Gasteiger partial charge in [-0.3, -0.25) is 4.68 Å². The summed E-state index contributed by atoms with van der Waals surface area (Å²) in [6.45, 7) is 8.46. The Labute approximate surface area is 148 Å². The second-order valence-corrected chi connectivity index (χ2v) is 6.83. The SMILES string of the molecule is COc1cc(-c2cnn(CCNC(=O)OC(C)(C)C)c2)c(C)cc1N. The van der Waals surface area contributed by atoms with E-state index in [1.807, 2.05) is 46.0 Å². The Morgan fingerprint density at radius 1 is 1.36 bits per heavy atom. The van der Waals surface area contributed by atoms with Gasteiger partial charge in [-0.1, -0.05) is 0 Å². The number of nitrogens with zero attached hydrogens (tertiary/aromatic N) is 2. The lowest BCUT2D eigenvalue weighted by atomic mass is 10.0. The van der Waals surface area contributed by atoms with Crippen molar-refractivity contribution in [3.05, 3.63) is 30.1 Å². The molecule has 7 nitrogen and oxygen atoms in total. The van der Waals surface area contributed by atoms with Crippen molar-refractivity contribution in [2.24, 2.45) is 0 Å². The average molecular weight is 346 g/mol. The van der Waals surface area contributed by atoms with Crippen LogP contribution in [0.2, 0.25) is 0 Å². The molecule has 1 amide bonds. The minimum absolute atomic E-state index is 0.431. The van der Waals surface area contributed by atoms with Crippen molar-refractivity contribution in [2.75, 3.05) is 19.4 Å². The Kier molecular flexibility index (Phi) is 5.56. The molecule has 0 aliphatic carbocycles. The van der Waals surface area contributed by atoms with Crippen LogP contribution in [-0.4, -0.2) is 35.1 Å². The predicted octanol–water partition coefficient (Wildman–Crippen LogP) is 2.97. The minimum Gasteiger partial charge on any atom is -0.495 e. The Bertz CT molecular complexity index is 747. The molecule has 0 unspecified atom stereocenters. The van der Waals surface area contributed by atoms with Crippen molar-refractivity contribution < 1.29 is 14.3 Å². The van der Waals surface area contributed by atoms with E-state index < -0.39 is 11.7 Å². The first-order chi connectivity index (χ1) is 11.7. The van der Waals surface area contributed by atoms with Gasteiger partial charge in [0.1, 0.15) is 11.4 Å². The lowest BCUT2D eigenvalue weighted by molar-refractivity contribution is 0.0525. The van der Waals surface area contributed by atoms with Crippen molar-refractivity contribution in [1.82, 2.24) is 15.1 Å². The third kappa shape index (κ3) is 5.14. The highest BCUT2D eigenvalue weighted by Crippen LogP contribution is 2.31. The lowest BCUT2D eigenvalue weighted by Gasteiger charge is -2.19. The monoisotopic (exact) mass is 346 g/mol.